The summed E-state index contributed by atoms with van der Waals surface area (Å²) in [5.41, 5.74) is 8.89. The van der Waals surface area contributed by atoms with E-state index in [1.807, 2.05) is 19.1 Å². The largest absolute Gasteiger partial charge is 0.398 e. The van der Waals surface area contributed by atoms with Gasteiger partial charge in [-0.25, -0.2) is 0 Å². The van der Waals surface area contributed by atoms with Crippen LogP contribution in [-0.2, 0) is 4.74 Å². The van der Waals surface area contributed by atoms with Crippen LogP contribution < -0.4 is 11.1 Å². The standard InChI is InChI=1S/C14H24N2O/c1-3-4-9-17-10-5-8-16-13-7-6-12(2)14(15)11-13/h6-7,11,16H,3-5,8-10,15H2,1-2H3. The SMILES string of the molecule is CCCCOCCCNc1ccc(C)c(N)c1. The van der Waals surface area contributed by atoms with Crippen LogP contribution in [0.5, 0.6) is 0 Å². The molecule has 96 valence electrons. The molecule has 0 radical (unpaired) electrons. The summed E-state index contributed by atoms with van der Waals surface area (Å²) in [4.78, 5) is 0. The van der Waals surface area contributed by atoms with E-state index >= 15 is 0 Å². The minimum absolute atomic E-state index is 0.828. The van der Waals surface area contributed by atoms with Gasteiger partial charge >= 0.3 is 0 Å². The molecule has 0 fully saturated rings. The number of hydrogen-bond donors (Lipinski definition) is 2. The van der Waals surface area contributed by atoms with Crippen LogP contribution in [0.1, 0.15) is 31.7 Å². The number of hydrogen-bond acceptors (Lipinski definition) is 3. The average Bonchev–Trinajstić information content (AvgIpc) is 2.32. The van der Waals surface area contributed by atoms with Gasteiger partial charge in [0.25, 0.3) is 0 Å². The van der Waals surface area contributed by atoms with Crippen molar-refractivity contribution in [2.45, 2.75) is 33.1 Å². The molecule has 0 atom stereocenters. The Morgan fingerprint density at radius 1 is 1.24 bits per heavy atom. The molecule has 17 heavy (non-hydrogen) atoms. The second-order valence-electron chi connectivity index (χ2n) is 4.32. The molecule has 3 nitrogen and oxygen atoms in total. The number of rotatable bonds is 8. The topological polar surface area (TPSA) is 47.3 Å². The van der Waals surface area contributed by atoms with Crippen LogP contribution in [0.25, 0.3) is 0 Å². The molecule has 0 amide bonds. The maximum atomic E-state index is 5.84. The van der Waals surface area contributed by atoms with E-state index in [4.69, 9.17) is 10.5 Å². The summed E-state index contributed by atoms with van der Waals surface area (Å²) >= 11 is 0. The van der Waals surface area contributed by atoms with Crippen LogP contribution >= 0.6 is 0 Å². The third kappa shape index (κ3) is 5.59. The van der Waals surface area contributed by atoms with Gasteiger partial charge in [0.15, 0.2) is 0 Å². The van der Waals surface area contributed by atoms with Gasteiger partial charge in [-0.1, -0.05) is 19.4 Å². The zero-order valence-electron chi connectivity index (χ0n) is 11.0. The minimum Gasteiger partial charge on any atom is -0.398 e. The van der Waals surface area contributed by atoms with Crippen LogP contribution in [0.2, 0.25) is 0 Å². The summed E-state index contributed by atoms with van der Waals surface area (Å²) in [6.45, 7) is 6.82. The Bertz CT molecular complexity index is 326. The maximum absolute atomic E-state index is 5.84. The monoisotopic (exact) mass is 236 g/mol. The van der Waals surface area contributed by atoms with Gasteiger partial charge in [0.1, 0.15) is 0 Å². The molecule has 0 aliphatic carbocycles. The van der Waals surface area contributed by atoms with Crippen LogP contribution in [0, 0.1) is 6.92 Å². The molecule has 0 unspecified atom stereocenters. The highest BCUT2D eigenvalue weighted by atomic mass is 16.5. The smallest absolute Gasteiger partial charge is 0.0482 e. The molecular weight excluding hydrogens is 212 g/mol. The highest BCUT2D eigenvalue weighted by Crippen LogP contribution is 2.16. The lowest BCUT2D eigenvalue weighted by Crippen LogP contribution is -2.06. The predicted octanol–water partition coefficient (Wildman–Crippen LogP) is 3.20. The molecule has 0 aliphatic heterocycles. The average molecular weight is 236 g/mol. The molecule has 0 saturated carbocycles. The number of anilines is 2. The van der Waals surface area contributed by atoms with Crippen molar-refractivity contribution in [3.8, 4) is 0 Å². The van der Waals surface area contributed by atoms with Crippen molar-refractivity contribution < 1.29 is 4.74 Å². The fourth-order valence-electron chi connectivity index (χ4n) is 1.51. The Balaban J connectivity index is 2.11. The van der Waals surface area contributed by atoms with Crippen molar-refractivity contribution in [3.05, 3.63) is 23.8 Å². The first-order chi connectivity index (χ1) is 8.24. The van der Waals surface area contributed by atoms with Gasteiger partial charge in [-0.15, -0.1) is 0 Å². The van der Waals surface area contributed by atoms with Crippen LogP contribution in [0.3, 0.4) is 0 Å². The van der Waals surface area contributed by atoms with E-state index in [9.17, 15) is 0 Å². The van der Waals surface area contributed by atoms with Crippen molar-refractivity contribution in [1.82, 2.24) is 0 Å². The fourth-order valence-corrected chi connectivity index (χ4v) is 1.51. The maximum Gasteiger partial charge on any atom is 0.0482 e. The van der Waals surface area contributed by atoms with Gasteiger partial charge in [-0.3, -0.25) is 0 Å². The third-order valence-corrected chi connectivity index (χ3v) is 2.72. The van der Waals surface area contributed by atoms with Crippen molar-refractivity contribution >= 4 is 11.4 Å². The molecule has 0 aliphatic rings. The highest BCUT2D eigenvalue weighted by Gasteiger charge is 1.96. The molecule has 3 heteroatoms. The van der Waals surface area contributed by atoms with Gasteiger partial charge in [0.2, 0.25) is 0 Å². The van der Waals surface area contributed by atoms with E-state index in [2.05, 4.69) is 18.3 Å². The van der Waals surface area contributed by atoms with E-state index in [1.54, 1.807) is 0 Å². The molecule has 1 rings (SSSR count). The number of ether oxygens (including phenoxy) is 1. The zero-order valence-corrected chi connectivity index (χ0v) is 11.0. The van der Waals surface area contributed by atoms with E-state index in [0.717, 1.165) is 49.5 Å². The number of nitrogen functional groups attached to an aromatic ring is 1. The summed E-state index contributed by atoms with van der Waals surface area (Å²) < 4.78 is 5.49. The lowest BCUT2D eigenvalue weighted by molar-refractivity contribution is 0.131. The van der Waals surface area contributed by atoms with Gasteiger partial charge < -0.3 is 15.8 Å². The number of aryl methyl sites for hydroxylation is 1. The molecule has 3 N–H and O–H groups in total. The third-order valence-electron chi connectivity index (χ3n) is 2.72. The Kier molecular flexibility index (Phi) is 6.48. The van der Waals surface area contributed by atoms with E-state index in [-0.39, 0.29) is 0 Å². The van der Waals surface area contributed by atoms with Crippen molar-refractivity contribution in [2.24, 2.45) is 0 Å². The van der Waals surface area contributed by atoms with Gasteiger partial charge in [0.05, 0.1) is 0 Å². The van der Waals surface area contributed by atoms with Crippen molar-refractivity contribution in [2.75, 3.05) is 30.8 Å². The Hall–Kier alpha value is -1.22. The molecule has 1 aromatic carbocycles. The second-order valence-corrected chi connectivity index (χ2v) is 4.32. The quantitative estimate of drug-likeness (QED) is 0.538. The summed E-state index contributed by atoms with van der Waals surface area (Å²) in [6, 6.07) is 6.08. The Morgan fingerprint density at radius 2 is 2.00 bits per heavy atom. The van der Waals surface area contributed by atoms with Gasteiger partial charge in [-0.05, 0) is 37.5 Å². The van der Waals surface area contributed by atoms with E-state index in [0.29, 0.717) is 0 Å². The first-order valence-corrected chi connectivity index (χ1v) is 6.41. The Morgan fingerprint density at radius 3 is 2.71 bits per heavy atom. The zero-order chi connectivity index (χ0) is 12.5. The number of nitrogens with two attached hydrogens (primary N) is 1. The predicted molar refractivity (Wildman–Crippen MR) is 74.4 cm³/mol. The summed E-state index contributed by atoms with van der Waals surface area (Å²) in [6.07, 6.45) is 3.38. The van der Waals surface area contributed by atoms with Crippen LogP contribution in [-0.4, -0.2) is 19.8 Å². The number of nitrogens with one attached hydrogen (secondary N) is 1. The second kappa shape index (κ2) is 7.96. The molecule has 0 bridgehead atoms. The Labute approximate surface area is 104 Å². The molecular formula is C14H24N2O. The number of benzene rings is 1. The summed E-state index contributed by atoms with van der Waals surface area (Å²) in [7, 11) is 0. The van der Waals surface area contributed by atoms with Gasteiger partial charge in [0, 0.05) is 31.1 Å². The number of unbranched alkanes of at least 4 members (excludes halogenated alkanes) is 1. The molecule has 0 aromatic heterocycles. The molecule has 1 aromatic rings. The van der Waals surface area contributed by atoms with Gasteiger partial charge in [-0.2, -0.15) is 0 Å². The highest BCUT2D eigenvalue weighted by molar-refractivity contribution is 5.58. The normalized spacial score (nSPS) is 10.5. The lowest BCUT2D eigenvalue weighted by Gasteiger charge is -2.08. The summed E-state index contributed by atoms with van der Waals surface area (Å²) in [5, 5.41) is 3.34. The van der Waals surface area contributed by atoms with Crippen LogP contribution in [0.15, 0.2) is 18.2 Å². The first kappa shape index (κ1) is 13.8. The van der Waals surface area contributed by atoms with E-state index in [1.165, 1.54) is 6.42 Å². The van der Waals surface area contributed by atoms with Crippen LogP contribution in [0.4, 0.5) is 11.4 Å². The fraction of sp³-hybridized carbons (Fsp3) is 0.571. The van der Waals surface area contributed by atoms with E-state index < -0.39 is 0 Å². The molecule has 0 heterocycles. The van der Waals surface area contributed by atoms with Crippen molar-refractivity contribution in [3.63, 3.8) is 0 Å². The lowest BCUT2D eigenvalue weighted by atomic mass is 10.2. The minimum atomic E-state index is 0.828. The first-order valence-electron chi connectivity index (χ1n) is 6.41. The summed E-state index contributed by atoms with van der Waals surface area (Å²) in [5.74, 6) is 0. The van der Waals surface area contributed by atoms with Crippen molar-refractivity contribution in [1.29, 1.82) is 0 Å². The molecule has 0 spiro atoms. The molecule has 0 saturated heterocycles.